The first-order chi connectivity index (χ1) is 13.6. The van der Waals surface area contributed by atoms with Gasteiger partial charge in [0, 0.05) is 16.8 Å². The normalized spacial score (nSPS) is 13.8. The number of hydrogen-bond acceptors (Lipinski definition) is 3. The van der Waals surface area contributed by atoms with Gasteiger partial charge in [-0.3, -0.25) is 9.59 Å². The van der Waals surface area contributed by atoms with Gasteiger partial charge in [0.1, 0.15) is 10.7 Å². The number of nitrogens with one attached hydrogen (secondary N) is 1. The van der Waals surface area contributed by atoms with Crippen LogP contribution in [0.2, 0.25) is 0 Å². The van der Waals surface area contributed by atoms with Crippen molar-refractivity contribution in [3.05, 3.63) is 112 Å². The number of rotatable bonds is 4. The number of fused-ring (bicyclic) bond motifs is 1. The van der Waals surface area contributed by atoms with Crippen molar-refractivity contribution in [3.8, 4) is 0 Å². The second-order valence-corrected chi connectivity index (χ2v) is 6.77. The SMILES string of the molecule is O=C1C(Cl)=C(Nc2cccc(/C=C/c3ccccc3)c2)C(=O)c2ccccc21. The fourth-order valence-corrected chi connectivity index (χ4v) is 3.31. The summed E-state index contributed by atoms with van der Waals surface area (Å²) in [6.45, 7) is 0. The van der Waals surface area contributed by atoms with E-state index < -0.39 is 0 Å². The smallest absolute Gasteiger partial charge is 0.211 e. The molecule has 28 heavy (non-hydrogen) atoms. The van der Waals surface area contributed by atoms with Crippen LogP contribution in [0.1, 0.15) is 31.8 Å². The number of allylic oxidation sites excluding steroid dienone is 2. The molecule has 0 atom stereocenters. The Labute approximate surface area is 168 Å². The molecule has 0 radical (unpaired) electrons. The lowest BCUT2D eigenvalue weighted by molar-refractivity contribution is 0.0982. The highest BCUT2D eigenvalue weighted by molar-refractivity contribution is 6.50. The number of carbonyl (C=O) groups is 2. The molecular weight excluding hydrogens is 370 g/mol. The number of ketones is 2. The van der Waals surface area contributed by atoms with Gasteiger partial charge in [-0.25, -0.2) is 0 Å². The third-order valence-electron chi connectivity index (χ3n) is 4.49. The first-order valence-electron chi connectivity index (χ1n) is 8.82. The summed E-state index contributed by atoms with van der Waals surface area (Å²) in [5.41, 5.74) is 3.54. The van der Waals surface area contributed by atoms with Crippen molar-refractivity contribution in [1.29, 1.82) is 0 Å². The van der Waals surface area contributed by atoms with E-state index in [1.165, 1.54) is 0 Å². The van der Waals surface area contributed by atoms with Crippen LogP contribution in [0.5, 0.6) is 0 Å². The minimum Gasteiger partial charge on any atom is -0.351 e. The van der Waals surface area contributed by atoms with Gasteiger partial charge in [-0.15, -0.1) is 0 Å². The standard InChI is InChI=1S/C24H16ClNO2/c25-21-22(24(28)20-12-5-4-11-19(20)23(21)27)26-18-10-6-9-17(15-18)14-13-16-7-2-1-3-8-16/h1-15,26H/b14-13+. The Morgan fingerprint density at radius 1 is 0.679 bits per heavy atom. The molecule has 1 aliphatic carbocycles. The van der Waals surface area contributed by atoms with E-state index in [1.54, 1.807) is 24.3 Å². The molecule has 0 spiro atoms. The van der Waals surface area contributed by atoms with Crippen molar-refractivity contribution in [2.24, 2.45) is 0 Å². The maximum Gasteiger partial charge on any atom is 0.211 e. The molecule has 0 bridgehead atoms. The van der Waals surface area contributed by atoms with Gasteiger partial charge in [-0.2, -0.15) is 0 Å². The van der Waals surface area contributed by atoms with Crippen LogP contribution < -0.4 is 5.32 Å². The van der Waals surface area contributed by atoms with Crippen LogP contribution in [0.4, 0.5) is 5.69 Å². The molecule has 0 amide bonds. The summed E-state index contributed by atoms with van der Waals surface area (Å²) in [5.74, 6) is -0.634. The predicted molar refractivity (Wildman–Crippen MR) is 113 cm³/mol. The molecule has 0 aromatic heterocycles. The molecule has 0 saturated heterocycles. The third-order valence-corrected chi connectivity index (χ3v) is 4.85. The average Bonchev–Trinajstić information content (AvgIpc) is 2.75. The minimum atomic E-state index is -0.348. The monoisotopic (exact) mass is 385 g/mol. The maximum absolute atomic E-state index is 12.8. The van der Waals surface area contributed by atoms with Crippen LogP contribution in [0.25, 0.3) is 12.2 Å². The summed E-state index contributed by atoms with van der Waals surface area (Å²) in [6, 6.07) is 24.2. The van der Waals surface area contributed by atoms with Crippen LogP contribution in [0.15, 0.2) is 89.6 Å². The summed E-state index contributed by atoms with van der Waals surface area (Å²) in [6.07, 6.45) is 4.00. The zero-order chi connectivity index (χ0) is 19.5. The van der Waals surface area contributed by atoms with Crippen molar-refractivity contribution in [2.45, 2.75) is 0 Å². The second-order valence-electron chi connectivity index (χ2n) is 6.39. The van der Waals surface area contributed by atoms with Gasteiger partial charge in [-0.1, -0.05) is 90.5 Å². The van der Waals surface area contributed by atoms with Gasteiger partial charge in [0.05, 0.1) is 0 Å². The minimum absolute atomic E-state index is 0.0890. The van der Waals surface area contributed by atoms with E-state index >= 15 is 0 Å². The zero-order valence-electron chi connectivity index (χ0n) is 14.9. The highest BCUT2D eigenvalue weighted by Gasteiger charge is 2.31. The van der Waals surface area contributed by atoms with Gasteiger partial charge < -0.3 is 5.32 Å². The average molecular weight is 386 g/mol. The first-order valence-corrected chi connectivity index (χ1v) is 9.20. The summed E-state index contributed by atoms with van der Waals surface area (Å²) in [7, 11) is 0. The maximum atomic E-state index is 12.8. The van der Waals surface area contributed by atoms with Crippen LogP contribution in [-0.4, -0.2) is 11.6 Å². The Bertz CT molecular complexity index is 1130. The lowest BCUT2D eigenvalue weighted by atomic mass is 9.92. The molecule has 0 heterocycles. The lowest BCUT2D eigenvalue weighted by Crippen LogP contribution is -2.24. The molecule has 0 unspecified atom stereocenters. The molecule has 0 saturated carbocycles. The van der Waals surface area contributed by atoms with Gasteiger partial charge in [0.15, 0.2) is 0 Å². The number of carbonyl (C=O) groups excluding carboxylic acids is 2. The molecule has 3 aromatic carbocycles. The molecule has 136 valence electrons. The highest BCUT2D eigenvalue weighted by Crippen LogP contribution is 2.29. The molecular formula is C24H16ClNO2. The summed E-state index contributed by atoms with van der Waals surface area (Å²) in [5, 5.41) is 2.94. The lowest BCUT2D eigenvalue weighted by Gasteiger charge is -2.19. The number of anilines is 1. The number of benzene rings is 3. The zero-order valence-corrected chi connectivity index (χ0v) is 15.6. The first kappa shape index (κ1) is 18.0. The van der Waals surface area contributed by atoms with Crippen molar-refractivity contribution < 1.29 is 9.59 Å². The Hall–Kier alpha value is -3.43. The number of hydrogen-bond donors (Lipinski definition) is 1. The van der Waals surface area contributed by atoms with Crippen molar-refractivity contribution >= 4 is 41.0 Å². The Morgan fingerprint density at radius 3 is 2.04 bits per heavy atom. The van der Waals surface area contributed by atoms with E-state index in [0.29, 0.717) is 16.8 Å². The third kappa shape index (κ3) is 3.53. The van der Waals surface area contributed by atoms with Crippen LogP contribution in [-0.2, 0) is 0 Å². The fraction of sp³-hybridized carbons (Fsp3) is 0. The van der Waals surface area contributed by atoms with E-state index in [4.69, 9.17) is 11.6 Å². The van der Waals surface area contributed by atoms with E-state index in [1.807, 2.05) is 66.7 Å². The van der Waals surface area contributed by atoms with Gasteiger partial charge in [0.2, 0.25) is 11.6 Å². The molecule has 1 aliphatic rings. The number of Topliss-reactive ketones (excluding diaryl/α,β-unsaturated/α-hetero) is 2. The van der Waals surface area contributed by atoms with Gasteiger partial charge in [0.25, 0.3) is 0 Å². The molecule has 3 nitrogen and oxygen atoms in total. The largest absolute Gasteiger partial charge is 0.351 e. The summed E-state index contributed by atoms with van der Waals surface area (Å²) < 4.78 is 0. The van der Waals surface area contributed by atoms with E-state index in [2.05, 4.69) is 5.32 Å². The topological polar surface area (TPSA) is 46.2 Å². The number of halogens is 1. The fourth-order valence-electron chi connectivity index (χ4n) is 3.08. The summed E-state index contributed by atoms with van der Waals surface area (Å²) >= 11 is 6.22. The van der Waals surface area contributed by atoms with E-state index in [9.17, 15) is 9.59 Å². The van der Waals surface area contributed by atoms with Crippen LogP contribution >= 0.6 is 11.6 Å². The van der Waals surface area contributed by atoms with E-state index in [0.717, 1.165) is 11.1 Å². The van der Waals surface area contributed by atoms with Crippen molar-refractivity contribution in [2.75, 3.05) is 5.32 Å². The Kier molecular flexibility index (Phi) is 4.92. The molecule has 1 N–H and O–H groups in total. The van der Waals surface area contributed by atoms with Gasteiger partial charge >= 0.3 is 0 Å². The molecule has 3 aromatic rings. The van der Waals surface area contributed by atoms with Crippen LogP contribution in [0, 0.1) is 0 Å². The summed E-state index contributed by atoms with van der Waals surface area (Å²) in [4.78, 5) is 25.3. The predicted octanol–water partition coefficient (Wildman–Crippen LogP) is 5.80. The second kappa shape index (κ2) is 7.67. The molecule has 4 heteroatoms. The molecule has 0 fully saturated rings. The van der Waals surface area contributed by atoms with E-state index in [-0.39, 0.29) is 22.3 Å². The quantitative estimate of drug-likeness (QED) is 0.577. The Morgan fingerprint density at radius 2 is 1.29 bits per heavy atom. The highest BCUT2D eigenvalue weighted by atomic mass is 35.5. The van der Waals surface area contributed by atoms with Gasteiger partial charge in [-0.05, 0) is 23.3 Å². The molecule has 0 aliphatic heterocycles. The molecule has 4 rings (SSSR count). The van der Waals surface area contributed by atoms with Crippen molar-refractivity contribution in [3.63, 3.8) is 0 Å². The van der Waals surface area contributed by atoms with Crippen LogP contribution in [0.3, 0.4) is 0 Å². The Balaban J connectivity index is 1.61. The van der Waals surface area contributed by atoms with Crippen molar-refractivity contribution in [1.82, 2.24) is 0 Å².